The summed E-state index contributed by atoms with van der Waals surface area (Å²) in [6.07, 6.45) is 7.77. The number of hydrogen-bond acceptors (Lipinski definition) is 4. The lowest BCUT2D eigenvalue weighted by molar-refractivity contribution is 0.0347. The second kappa shape index (κ2) is 9.72. The molecule has 3 rings (SSSR count). The van der Waals surface area contributed by atoms with Crippen LogP contribution in [0.3, 0.4) is 0 Å². The maximum absolute atomic E-state index is 5.91. The zero-order chi connectivity index (χ0) is 18.2. The molecule has 0 spiro atoms. The smallest absolute Gasteiger partial charge is 0.191 e. The first kappa shape index (κ1) is 19.6. The van der Waals surface area contributed by atoms with Crippen molar-refractivity contribution in [1.82, 2.24) is 10.6 Å². The van der Waals surface area contributed by atoms with Crippen LogP contribution in [-0.2, 0) is 14.9 Å². The number of aliphatic imine (C=N–C) groups is 1. The van der Waals surface area contributed by atoms with E-state index in [2.05, 4.69) is 40.1 Å². The molecule has 6 heteroatoms. The van der Waals surface area contributed by atoms with Gasteiger partial charge in [-0.1, -0.05) is 25.3 Å². The van der Waals surface area contributed by atoms with Gasteiger partial charge in [0.05, 0.1) is 19.3 Å². The van der Waals surface area contributed by atoms with Crippen LogP contribution in [0.1, 0.15) is 50.3 Å². The van der Waals surface area contributed by atoms with Crippen LogP contribution in [0.25, 0.3) is 0 Å². The average molecular weight is 380 g/mol. The molecule has 1 aromatic heterocycles. The fraction of sp³-hybridized carbons (Fsp3) is 0.750. The highest BCUT2D eigenvalue weighted by atomic mass is 32.1. The Hall–Kier alpha value is -1.11. The number of rotatable bonds is 7. The number of hydrogen-bond donors (Lipinski definition) is 2. The van der Waals surface area contributed by atoms with E-state index in [0.29, 0.717) is 6.61 Å². The summed E-state index contributed by atoms with van der Waals surface area (Å²) in [6, 6.07) is 4.69. The number of ether oxygens (including phenoxy) is 2. The highest BCUT2D eigenvalue weighted by Crippen LogP contribution is 2.41. The zero-order valence-corrected chi connectivity index (χ0v) is 16.9. The second-order valence-electron chi connectivity index (χ2n) is 7.61. The summed E-state index contributed by atoms with van der Waals surface area (Å²) in [6.45, 7) is 5.30. The van der Waals surface area contributed by atoms with E-state index in [9.17, 15) is 0 Å². The number of thiophene rings is 1. The molecular weight excluding hydrogens is 346 g/mol. The second-order valence-corrected chi connectivity index (χ2v) is 8.56. The Morgan fingerprint density at radius 3 is 2.92 bits per heavy atom. The minimum absolute atomic E-state index is 0.214. The SMILES string of the molecule is CN=C(NCC1(c2cccs2)CCCCC1)NC(C)COC1CCOC1. The van der Waals surface area contributed by atoms with Crippen LogP contribution >= 0.6 is 11.3 Å². The molecule has 2 heterocycles. The quantitative estimate of drug-likeness (QED) is 0.564. The van der Waals surface area contributed by atoms with Crippen LogP contribution in [0.2, 0.25) is 0 Å². The number of nitrogens with zero attached hydrogens (tertiary/aromatic N) is 1. The third-order valence-corrected chi connectivity index (χ3v) is 6.64. The highest BCUT2D eigenvalue weighted by Gasteiger charge is 2.35. The first-order valence-corrected chi connectivity index (χ1v) is 10.8. The molecule has 2 fully saturated rings. The van der Waals surface area contributed by atoms with Gasteiger partial charge in [-0.25, -0.2) is 0 Å². The molecule has 5 nitrogen and oxygen atoms in total. The van der Waals surface area contributed by atoms with Crippen LogP contribution in [0.15, 0.2) is 22.5 Å². The van der Waals surface area contributed by atoms with Crippen molar-refractivity contribution in [3.8, 4) is 0 Å². The molecule has 1 aliphatic carbocycles. The molecule has 0 radical (unpaired) electrons. The van der Waals surface area contributed by atoms with Crippen LogP contribution in [0.4, 0.5) is 0 Å². The molecule has 1 aliphatic heterocycles. The molecule has 2 unspecified atom stereocenters. The minimum atomic E-state index is 0.214. The van der Waals surface area contributed by atoms with Gasteiger partial charge in [-0.15, -0.1) is 11.3 Å². The molecule has 0 amide bonds. The van der Waals surface area contributed by atoms with E-state index in [1.54, 1.807) is 0 Å². The average Bonchev–Trinajstić information content (AvgIpc) is 3.38. The fourth-order valence-corrected chi connectivity index (χ4v) is 4.95. The van der Waals surface area contributed by atoms with E-state index < -0.39 is 0 Å². The van der Waals surface area contributed by atoms with Gasteiger partial charge in [0.1, 0.15) is 0 Å². The van der Waals surface area contributed by atoms with Crippen molar-refractivity contribution in [2.24, 2.45) is 4.99 Å². The van der Waals surface area contributed by atoms with E-state index in [0.717, 1.165) is 32.1 Å². The number of guanidine groups is 1. The molecule has 1 saturated carbocycles. The predicted molar refractivity (Wildman–Crippen MR) is 108 cm³/mol. The normalized spacial score (nSPS) is 24.4. The van der Waals surface area contributed by atoms with Crippen LogP contribution < -0.4 is 10.6 Å². The maximum atomic E-state index is 5.91. The van der Waals surface area contributed by atoms with Gasteiger partial charge in [-0.3, -0.25) is 4.99 Å². The van der Waals surface area contributed by atoms with Crippen molar-refractivity contribution in [2.45, 2.75) is 63.0 Å². The van der Waals surface area contributed by atoms with E-state index in [4.69, 9.17) is 9.47 Å². The lowest BCUT2D eigenvalue weighted by Crippen LogP contribution is -2.49. The monoisotopic (exact) mass is 379 g/mol. The topological polar surface area (TPSA) is 54.9 Å². The Labute approximate surface area is 161 Å². The Morgan fingerprint density at radius 1 is 1.42 bits per heavy atom. The Bertz CT molecular complexity index is 549. The summed E-state index contributed by atoms with van der Waals surface area (Å²) in [5.41, 5.74) is 0.255. The lowest BCUT2D eigenvalue weighted by atomic mass is 9.73. The van der Waals surface area contributed by atoms with Crippen LogP contribution in [-0.4, -0.2) is 51.5 Å². The summed E-state index contributed by atoms with van der Waals surface area (Å²) in [5, 5.41) is 9.26. The largest absolute Gasteiger partial charge is 0.379 e. The molecular formula is C20H33N3O2S. The molecule has 0 aromatic carbocycles. The van der Waals surface area contributed by atoms with Crippen LogP contribution in [0.5, 0.6) is 0 Å². The van der Waals surface area contributed by atoms with Gasteiger partial charge >= 0.3 is 0 Å². The van der Waals surface area contributed by atoms with Crippen molar-refractivity contribution in [2.75, 3.05) is 33.4 Å². The Kier molecular flexibility index (Phi) is 7.34. The van der Waals surface area contributed by atoms with Crippen molar-refractivity contribution in [3.05, 3.63) is 22.4 Å². The summed E-state index contributed by atoms with van der Waals surface area (Å²) < 4.78 is 11.3. The summed E-state index contributed by atoms with van der Waals surface area (Å²) >= 11 is 1.89. The van der Waals surface area contributed by atoms with Crippen LogP contribution in [0, 0.1) is 0 Å². The van der Waals surface area contributed by atoms with Crippen molar-refractivity contribution in [1.29, 1.82) is 0 Å². The highest BCUT2D eigenvalue weighted by molar-refractivity contribution is 7.10. The van der Waals surface area contributed by atoms with E-state index in [1.165, 1.54) is 37.0 Å². The van der Waals surface area contributed by atoms with Gasteiger partial charge in [0.15, 0.2) is 5.96 Å². The zero-order valence-electron chi connectivity index (χ0n) is 16.1. The first-order chi connectivity index (χ1) is 12.7. The van der Waals surface area contributed by atoms with Gasteiger partial charge in [-0.2, -0.15) is 0 Å². The van der Waals surface area contributed by atoms with E-state index in [1.807, 2.05) is 18.4 Å². The Morgan fingerprint density at radius 2 is 2.27 bits per heavy atom. The molecule has 1 saturated heterocycles. The standard InChI is InChI=1S/C20H33N3O2S/c1-16(13-25-17-8-11-24-14-17)23-19(21-2)22-15-20(9-4-3-5-10-20)18-7-6-12-26-18/h6-7,12,16-17H,3-5,8-11,13-15H2,1-2H3,(H2,21,22,23). The molecule has 2 atom stereocenters. The maximum Gasteiger partial charge on any atom is 0.191 e. The molecule has 1 aromatic rings. The third kappa shape index (κ3) is 5.21. The summed E-state index contributed by atoms with van der Waals surface area (Å²) in [5.74, 6) is 0.866. The van der Waals surface area contributed by atoms with E-state index >= 15 is 0 Å². The molecule has 2 aliphatic rings. The lowest BCUT2D eigenvalue weighted by Gasteiger charge is -2.37. The van der Waals surface area contributed by atoms with Gasteiger partial charge < -0.3 is 20.1 Å². The fourth-order valence-electron chi connectivity index (χ4n) is 3.97. The predicted octanol–water partition coefficient (Wildman–Crippen LogP) is 3.31. The molecule has 146 valence electrons. The number of nitrogens with one attached hydrogen (secondary N) is 2. The van der Waals surface area contributed by atoms with Crippen molar-refractivity contribution < 1.29 is 9.47 Å². The van der Waals surface area contributed by atoms with Gasteiger partial charge in [0.25, 0.3) is 0 Å². The molecule has 26 heavy (non-hydrogen) atoms. The van der Waals surface area contributed by atoms with E-state index in [-0.39, 0.29) is 17.6 Å². The van der Waals surface area contributed by atoms with Crippen molar-refractivity contribution >= 4 is 17.3 Å². The molecule has 2 N–H and O–H groups in total. The minimum Gasteiger partial charge on any atom is -0.379 e. The summed E-state index contributed by atoms with van der Waals surface area (Å²) in [7, 11) is 1.84. The first-order valence-electron chi connectivity index (χ1n) is 9.92. The van der Waals surface area contributed by atoms with Gasteiger partial charge in [0.2, 0.25) is 0 Å². The van der Waals surface area contributed by atoms with Gasteiger partial charge in [0, 0.05) is 36.5 Å². The van der Waals surface area contributed by atoms with Gasteiger partial charge in [-0.05, 0) is 37.6 Å². The van der Waals surface area contributed by atoms with Crippen molar-refractivity contribution in [3.63, 3.8) is 0 Å². The Balaban J connectivity index is 1.50. The third-order valence-electron chi connectivity index (χ3n) is 5.53. The molecule has 0 bridgehead atoms. The summed E-state index contributed by atoms with van der Waals surface area (Å²) in [4.78, 5) is 5.93.